The second-order valence-corrected chi connectivity index (χ2v) is 14.2. The molecule has 7 nitrogen and oxygen atoms in total. The van der Waals surface area contributed by atoms with E-state index in [1.165, 1.54) is 47.9 Å². The van der Waals surface area contributed by atoms with E-state index in [2.05, 4.69) is 94.9 Å². The van der Waals surface area contributed by atoms with Gasteiger partial charge in [0, 0.05) is 12.5 Å². The lowest BCUT2D eigenvalue weighted by molar-refractivity contribution is 0.0219. The van der Waals surface area contributed by atoms with Crippen LogP contribution in [0, 0.1) is 0 Å². The molecule has 1 saturated carbocycles. The Labute approximate surface area is 275 Å². The van der Waals surface area contributed by atoms with Gasteiger partial charge in [-0.25, -0.2) is 14.8 Å². The predicted molar refractivity (Wildman–Crippen MR) is 188 cm³/mol. The van der Waals surface area contributed by atoms with Crippen molar-refractivity contribution in [2.45, 2.75) is 76.9 Å². The van der Waals surface area contributed by atoms with Crippen LogP contribution in [0.15, 0.2) is 84.9 Å². The number of nitrogens with one attached hydrogen (secondary N) is 2. The number of ether oxygens (including phenoxy) is 1. The number of benzene rings is 4. The first-order valence-corrected chi connectivity index (χ1v) is 17.0. The van der Waals surface area contributed by atoms with Crippen LogP contribution in [0.4, 0.5) is 4.79 Å². The Balaban J connectivity index is 0.977. The third-order valence-electron chi connectivity index (χ3n) is 9.71. The molecule has 0 unspecified atom stereocenters. The second-order valence-electron chi connectivity index (χ2n) is 14.2. The molecule has 2 aliphatic rings. The lowest BCUT2D eigenvalue weighted by atomic mass is 9.98. The molecule has 2 aromatic heterocycles. The number of nitrogens with zero attached hydrogens (tertiary/aromatic N) is 3. The minimum Gasteiger partial charge on any atom is -0.444 e. The van der Waals surface area contributed by atoms with Crippen molar-refractivity contribution < 1.29 is 9.53 Å². The first kappa shape index (κ1) is 29.5. The molecule has 47 heavy (non-hydrogen) atoms. The van der Waals surface area contributed by atoms with Gasteiger partial charge in [-0.15, -0.1) is 0 Å². The average molecular weight is 624 g/mol. The molecular formula is C40H41N5O2. The third kappa shape index (κ3) is 5.91. The van der Waals surface area contributed by atoms with Crippen molar-refractivity contribution in [1.29, 1.82) is 0 Å². The van der Waals surface area contributed by atoms with Crippen LogP contribution in [-0.2, 0) is 4.74 Å². The topological polar surface area (TPSA) is 86.9 Å². The molecule has 8 rings (SSSR count). The van der Waals surface area contributed by atoms with E-state index in [9.17, 15) is 4.79 Å². The molecule has 3 heterocycles. The Morgan fingerprint density at radius 2 is 1.13 bits per heavy atom. The van der Waals surface area contributed by atoms with Gasteiger partial charge in [-0.2, -0.15) is 0 Å². The summed E-state index contributed by atoms with van der Waals surface area (Å²) in [5.74, 6) is 2.55. The van der Waals surface area contributed by atoms with Gasteiger partial charge in [0.2, 0.25) is 0 Å². The van der Waals surface area contributed by atoms with Gasteiger partial charge in [-0.1, -0.05) is 73.5 Å². The number of likely N-dealkylation sites (tertiary alicyclic amines) is 1. The van der Waals surface area contributed by atoms with Crippen LogP contribution in [0.2, 0.25) is 0 Å². The lowest BCUT2D eigenvalue weighted by Crippen LogP contribution is -2.36. The van der Waals surface area contributed by atoms with E-state index in [4.69, 9.17) is 14.7 Å². The number of rotatable bonds is 5. The molecule has 6 aromatic rings. The maximum atomic E-state index is 12.9. The maximum Gasteiger partial charge on any atom is 0.410 e. The van der Waals surface area contributed by atoms with Gasteiger partial charge >= 0.3 is 6.09 Å². The molecule has 1 saturated heterocycles. The fourth-order valence-electron chi connectivity index (χ4n) is 7.27. The first-order chi connectivity index (χ1) is 22.8. The van der Waals surface area contributed by atoms with Crippen LogP contribution < -0.4 is 0 Å². The highest BCUT2D eigenvalue weighted by Gasteiger charge is 2.35. The standard InChI is InChI=1S/C40H41N5O2/c1-40(2,3)47-39(46)45-22-6-9-36(45)38-42-33-21-19-31(24-35(33)44-38)28-16-12-26(13-17-28)25-10-14-27(15-11-25)30-18-20-32-34(23-30)43-37(41-32)29-7-4-5-8-29/h10-21,23-24,29,36H,4-9,22H2,1-3H3,(H,41,43)(H,42,44)/t36-/m1/s1. The Morgan fingerprint density at radius 1 is 0.660 bits per heavy atom. The average Bonchev–Trinajstić information content (AvgIpc) is 3.89. The summed E-state index contributed by atoms with van der Waals surface area (Å²) in [4.78, 5) is 31.5. The molecular weight excluding hydrogens is 582 g/mol. The SMILES string of the molecule is CC(C)(C)OC(=O)N1CCC[C@@H]1c1nc2ccc(-c3ccc(-c4ccc(-c5ccc6nc(C7CCCC7)[nH]c6c5)cc4)cc3)cc2[nH]1. The summed E-state index contributed by atoms with van der Waals surface area (Å²) >= 11 is 0. The second kappa shape index (κ2) is 11.7. The first-order valence-electron chi connectivity index (χ1n) is 17.0. The molecule has 1 aliphatic carbocycles. The number of aromatic amines is 2. The van der Waals surface area contributed by atoms with Gasteiger partial charge in [-0.3, -0.25) is 4.90 Å². The Morgan fingerprint density at radius 3 is 1.66 bits per heavy atom. The van der Waals surface area contributed by atoms with Gasteiger partial charge < -0.3 is 14.7 Å². The predicted octanol–water partition coefficient (Wildman–Crippen LogP) is 10.2. The quantitative estimate of drug-likeness (QED) is 0.200. The molecule has 1 amide bonds. The summed E-state index contributed by atoms with van der Waals surface area (Å²) in [5.41, 5.74) is 10.5. The van der Waals surface area contributed by atoms with Crippen molar-refractivity contribution in [2.24, 2.45) is 0 Å². The largest absolute Gasteiger partial charge is 0.444 e. The van der Waals surface area contributed by atoms with Crippen LogP contribution in [0.5, 0.6) is 0 Å². The van der Waals surface area contributed by atoms with E-state index < -0.39 is 5.60 Å². The minimum absolute atomic E-state index is 0.103. The van der Waals surface area contributed by atoms with Crippen molar-refractivity contribution in [3.63, 3.8) is 0 Å². The minimum atomic E-state index is -0.527. The van der Waals surface area contributed by atoms with E-state index in [1.807, 2.05) is 20.8 Å². The molecule has 0 radical (unpaired) electrons. The normalized spacial score (nSPS) is 17.3. The molecule has 0 spiro atoms. The summed E-state index contributed by atoms with van der Waals surface area (Å²) < 4.78 is 5.66. The summed E-state index contributed by atoms with van der Waals surface area (Å²) in [6, 6.07) is 30.3. The van der Waals surface area contributed by atoms with E-state index in [0.29, 0.717) is 12.5 Å². The third-order valence-corrected chi connectivity index (χ3v) is 9.71. The van der Waals surface area contributed by atoms with Crippen LogP contribution >= 0.6 is 0 Å². The number of imidazole rings is 2. The van der Waals surface area contributed by atoms with E-state index in [1.54, 1.807) is 4.90 Å². The van der Waals surface area contributed by atoms with Crippen molar-refractivity contribution in [2.75, 3.05) is 6.54 Å². The van der Waals surface area contributed by atoms with Crippen molar-refractivity contribution >= 4 is 28.2 Å². The number of carbonyl (C=O) groups is 1. The fraction of sp³-hybridized carbons (Fsp3) is 0.325. The van der Waals surface area contributed by atoms with Crippen molar-refractivity contribution in [3.8, 4) is 33.4 Å². The molecule has 1 aliphatic heterocycles. The number of hydrogen-bond donors (Lipinski definition) is 2. The number of hydrogen-bond acceptors (Lipinski definition) is 4. The number of amides is 1. The van der Waals surface area contributed by atoms with Gasteiger partial charge in [0.25, 0.3) is 0 Å². The summed E-state index contributed by atoms with van der Waals surface area (Å²) in [7, 11) is 0. The van der Waals surface area contributed by atoms with Crippen LogP contribution in [0.1, 0.15) is 82.9 Å². The van der Waals surface area contributed by atoms with E-state index in [0.717, 1.165) is 57.7 Å². The zero-order chi connectivity index (χ0) is 32.1. The molecule has 1 atom stereocenters. The molecule has 4 aromatic carbocycles. The number of carbonyl (C=O) groups excluding carboxylic acids is 1. The summed E-state index contributed by atoms with van der Waals surface area (Å²) in [6.45, 7) is 6.38. The number of H-pyrrole nitrogens is 2. The van der Waals surface area contributed by atoms with Crippen molar-refractivity contribution in [1.82, 2.24) is 24.8 Å². The Hall–Kier alpha value is -4.91. The van der Waals surface area contributed by atoms with Gasteiger partial charge in [0.15, 0.2) is 0 Å². The monoisotopic (exact) mass is 623 g/mol. The maximum absolute atomic E-state index is 12.9. The van der Waals surface area contributed by atoms with Crippen LogP contribution in [0.25, 0.3) is 55.4 Å². The lowest BCUT2D eigenvalue weighted by Gasteiger charge is -2.27. The van der Waals surface area contributed by atoms with Gasteiger partial charge in [0.1, 0.15) is 17.2 Å². The van der Waals surface area contributed by atoms with E-state index >= 15 is 0 Å². The van der Waals surface area contributed by atoms with Crippen molar-refractivity contribution in [3.05, 3.63) is 96.6 Å². The van der Waals surface area contributed by atoms with Gasteiger partial charge in [-0.05, 0) is 104 Å². The fourth-order valence-corrected chi connectivity index (χ4v) is 7.27. The molecule has 2 fully saturated rings. The highest BCUT2D eigenvalue weighted by atomic mass is 16.6. The Kier molecular flexibility index (Phi) is 7.35. The number of aromatic nitrogens is 4. The van der Waals surface area contributed by atoms with Gasteiger partial charge in [0.05, 0.1) is 28.1 Å². The highest BCUT2D eigenvalue weighted by Crippen LogP contribution is 2.36. The molecule has 7 heteroatoms. The number of fused-ring (bicyclic) bond motifs is 2. The van der Waals surface area contributed by atoms with E-state index in [-0.39, 0.29) is 12.1 Å². The van der Waals surface area contributed by atoms with Crippen LogP contribution in [-0.4, -0.2) is 43.1 Å². The van der Waals surface area contributed by atoms with Crippen LogP contribution in [0.3, 0.4) is 0 Å². The summed E-state index contributed by atoms with van der Waals surface area (Å²) in [5, 5.41) is 0. The zero-order valence-electron chi connectivity index (χ0n) is 27.3. The Bertz CT molecular complexity index is 2060. The highest BCUT2D eigenvalue weighted by molar-refractivity contribution is 5.84. The smallest absolute Gasteiger partial charge is 0.410 e. The summed E-state index contributed by atoms with van der Waals surface area (Å²) in [6.07, 6.45) is 6.63. The zero-order valence-corrected chi connectivity index (χ0v) is 27.3. The molecule has 2 N–H and O–H groups in total. The molecule has 0 bridgehead atoms. The molecule has 238 valence electrons.